The predicted octanol–water partition coefficient (Wildman–Crippen LogP) is 2.71. The third-order valence-electron chi connectivity index (χ3n) is 4.03. The van der Waals surface area contributed by atoms with E-state index >= 15 is 0 Å². The number of rotatable bonds is 5. The fourth-order valence-corrected chi connectivity index (χ4v) is 2.29. The molecule has 15 heavy (non-hydrogen) atoms. The molecule has 2 heteroatoms. The van der Waals surface area contributed by atoms with Gasteiger partial charge in [-0.3, -0.25) is 0 Å². The summed E-state index contributed by atoms with van der Waals surface area (Å²) in [6.45, 7) is 7.49. The van der Waals surface area contributed by atoms with E-state index in [1.165, 1.54) is 25.7 Å². The molecule has 2 N–H and O–H groups in total. The molecular weight excluding hydrogens is 186 g/mol. The third kappa shape index (κ3) is 4.12. The normalized spacial score (nSPS) is 24.8. The van der Waals surface area contributed by atoms with E-state index in [0.29, 0.717) is 12.0 Å². The second kappa shape index (κ2) is 5.86. The zero-order valence-corrected chi connectivity index (χ0v) is 10.6. The van der Waals surface area contributed by atoms with Gasteiger partial charge in [-0.1, -0.05) is 39.5 Å². The minimum atomic E-state index is -0.417. The minimum Gasteiger partial charge on any atom is -0.389 e. The number of hydrogen-bond donors (Lipinski definition) is 2. The summed E-state index contributed by atoms with van der Waals surface area (Å²) in [5.74, 6) is 0.692. The van der Waals surface area contributed by atoms with Crippen LogP contribution in [0.4, 0.5) is 0 Å². The molecule has 0 radical (unpaired) electrons. The lowest BCUT2D eigenvalue weighted by molar-refractivity contribution is 0.00173. The van der Waals surface area contributed by atoms with E-state index in [9.17, 15) is 5.11 Å². The summed E-state index contributed by atoms with van der Waals surface area (Å²) in [6, 6.07) is 0.515. The van der Waals surface area contributed by atoms with E-state index in [-0.39, 0.29) is 0 Å². The molecule has 0 unspecified atom stereocenters. The van der Waals surface area contributed by atoms with Crippen LogP contribution in [0.3, 0.4) is 0 Å². The van der Waals surface area contributed by atoms with Gasteiger partial charge in [0.1, 0.15) is 0 Å². The summed E-state index contributed by atoms with van der Waals surface area (Å²) in [6.07, 6.45) is 6.84. The Balaban J connectivity index is 2.28. The molecule has 90 valence electrons. The second-order valence-electron chi connectivity index (χ2n) is 5.34. The van der Waals surface area contributed by atoms with Gasteiger partial charge in [-0.2, -0.15) is 0 Å². The first kappa shape index (κ1) is 13.0. The second-order valence-corrected chi connectivity index (χ2v) is 5.34. The summed E-state index contributed by atoms with van der Waals surface area (Å²) < 4.78 is 0. The highest BCUT2D eigenvalue weighted by Crippen LogP contribution is 2.27. The van der Waals surface area contributed by atoms with Gasteiger partial charge in [-0.25, -0.2) is 0 Å². The van der Waals surface area contributed by atoms with Crippen LogP contribution in [-0.2, 0) is 0 Å². The highest BCUT2D eigenvalue weighted by atomic mass is 16.3. The van der Waals surface area contributed by atoms with E-state index in [0.717, 1.165) is 19.4 Å². The van der Waals surface area contributed by atoms with Crippen LogP contribution in [0.25, 0.3) is 0 Å². The molecule has 1 rings (SSSR count). The number of hydrogen-bond acceptors (Lipinski definition) is 2. The molecule has 2 nitrogen and oxygen atoms in total. The van der Waals surface area contributed by atoms with Crippen LogP contribution in [0.15, 0.2) is 0 Å². The summed E-state index contributed by atoms with van der Waals surface area (Å²) >= 11 is 0. The number of aliphatic hydroxyl groups is 1. The molecule has 1 fully saturated rings. The van der Waals surface area contributed by atoms with Crippen LogP contribution in [0, 0.1) is 5.92 Å². The van der Waals surface area contributed by atoms with Gasteiger partial charge in [0.15, 0.2) is 0 Å². The topological polar surface area (TPSA) is 32.3 Å². The highest BCUT2D eigenvalue weighted by molar-refractivity contribution is 4.85. The Labute approximate surface area is 94.5 Å². The molecule has 0 bridgehead atoms. The molecular formula is C13H27NO. The molecule has 0 amide bonds. The van der Waals surface area contributed by atoms with Gasteiger partial charge >= 0.3 is 0 Å². The van der Waals surface area contributed by atoms with Crippen LogP contribution in [-0.4, -0.2) is 23.3 Å². The van der Waals surface area contributed by atoms with Crippen molar-refractivity contribution in [1.82, 2.24) is 5.32 Å². The molecule has 0 spiro atoms. The molecule has 0 heterocycles. The first-order valence-corrected chi connectivity index (χ1v) is 6.53. The maximum absolute atomic E-state index is 10.3. The van der Waals surface area contributed by atoms with Crippen LogP contribution in [0.2, 0.25) is 0 Å². The lowest BCUT2D eigenvalue weighted by Gasteiger charge is -2.34. The maximum Gasteiger partial charge on any atom is 0.0771 e. The molecule has 0 aliphatic heterocycles. The lowest BCUT2D eigenvalue weighted by atomic mass is 9.84. The van der Waals surface area contributed by atoms with E-state index in [1.807, 2.05) is 0 Å². The van der Waals surface area contributed by atoms with Gasteiger partial charge in [-0.05, 0) is 25.7 Å². The van der Waals surface area contributed by atoms with Gasteiger partial charge < -0.3 is 10.4 Å². The van der Waals surface area contributed by atoms with Crippen molar-refractivity contribution >= 4 is 0 Å². The number of nitrogens with one attached hydrogen (secondary N) is 1. The minimum absolute atomic E-state index is 0.417. The summed E-state index contributed by atoms with van der Waals surface area (Å²) in [4.78, 5) is 0. The zero-order chi connectivity index (χ0) is 11.3. The van der Waals surface area contributed by atoms with Crippen LogP contribution < -0.4 is 5.32 Å². The van der Waals surface area contributed by atoms with Crippen molar-refractivity contribution in [2.75, 3.05) is 6.54 Å². The van der Waals surface area contributed by atoms with Gasteiger partial charge in [-0.15, -0.1) is 0 Å². The van der Waals surface area contributed by atoms with Gasteiger partial charge in [0, 0.05) is 12.6 Å². The smallest absolute Gasteiger partial charge is 0.0771 e. The van der Waals surface area contributed by atoms with Crippen molar-refractivity contribution in [2.45, 2.75) is 70.9 Å². The van der Waals surface area contributed by atoms with Crippen molar-refractivity contribution < 1.29 is 5.11 Å². The van der Waals surface area contributed by atoms with Crippen molar-refractivity contribution in [2.24, 2.45) is 5.92 Å². The summed E-state index contributed by atoms with van der Waals surface area (Å²) in [5.41, 5.74) is -0.417. The summed E-state index contributed by atoms with van der Waals surface area (Å²) in [5, 5.41) is 13.8. The first-order chi connectivity index (χ1) is 7.07. The van der Waals surface area contributed by atoms with Crippen LogP contribution in [0.1, 0.15) is 59.3 Å². The molecule has 0 saturated heterocycles. The fraction of sp³-hybridized carbons (Fsp3) is 1.00. The van der Waals surface area contributed by atoms with E-state index in [4.69, 9.17) is 0 Å². The Morgan fingerprint density at radius 1 is 1.20 bits per heavy atom. The van der Waals surface area contributed by atoms with Crippen LogP contribution in [0.5, 0.6) is 0 Å². The Morgan fingerprint density at radius 3 is 2.33 bits per heavy atom. The third-order valence-corrected chi connectivity index (χ3v) is 4.03. The van der Waals surface area contributed by atoms with Crippen molar-refractivity contribution in [1.29, 1.82) is 0 Å². The van der Waals surface area contributed by atoms with E-state index in [2.05, 4.69) is 26.1 Å². The molecule has 0 aromatic rings. The molecule has 1 aliphatic rings. The largest absolute Gasteiger partial charge is 0.389 e. The van der Waals surface area contributed by atoms with Gasteiger partial charge in [0.25, 0.3) is 0 Å². The monoisotopic (exact) mass is 213 g/mol. The maximum atomic E-state index is 10.3. The Morgan fingerprint density at radius 2 is 1.80 bits per heavy atom. The Kier molecular flexibility index (Phi) is 5.07. The van der Waals surface area contributed by atoms with E-state index < -0.39 is 5.60 Å². The quantitative estimate of drug-likeness (QED) is 0.736. The van der Waals surface area contributed by atoms with Gasteiger partial charge in [0.05, 0.1) is 5.60 Å². The Bertz CT molecular complexity index is 175. The van der Waals surface area contributed by atoms with Crippen molar-refractivity contribution in [3.05, 3.63) is 0 Å². The zero-order valence-electron chi connectivity index (χ0n) is 10.6. The molecule has 1 aliphatic carbocycles. The lowest BCUT2D eigenvalue weighted by Crippen LogP contribution is -2.46. The summed E-state index contributed by atoms with van der Waals surface area (Å²) in [7, 11) is 0. The van der Waals surface area contributed by atoms with Crippen molar-refractivity contribution in [3.63, 3.8) is 0 Å². The average molecular weight is 213 g/mol. The van der Waals surface area contributed by atoms with Gasteiger partial charge in [0.2, 0.25) is 0 Å². The molecule has 2 atom stereocenters. The molecule has 1 saturated carbocycles. The highest BCUT2D eigenvalue weighted by Gasteiger charge is 2.29. The molecule has 0 aromatic heterocycles. The Hall–Kier alpha value is -0.0800. The average Bonchev–Trinajstić information content (AvgIpc) is 2.26. The molecule has 0 aromatic carbocycles. The SMILES string of the molecule is CC[C@H](C)[C@H](C)NCC1(O)CCCCC1. The van der Waals surface area contributed by atoms with Crippen LogP contribution >= 0.6 is 0 Å². The van der Waals surface area contributed by atoms with Crippen molar-refractivity contribution in [3.8, 4) is 0 Å². The fourth-order valence-electron chi connectivity index (χ4n) is 2.29. The van der Waals surface area contributed by atoms with E-state index in [1.54, 1.807) is 0 Å². The predicted molar refractivity (Wildman–Crippen MR) is 65.0 cm³/mol. The first-order valence-electron chi connectivity index (χ1n) is 6.53. The standard InChI is InChI=1S/C13H27NO/c1-4-11(2)12(3)14-10-13(15)8-6-5-7-9-13/h11-12,14-15H,4-10H2,1-3H3/t11-,12-/m0/s1.